The molecule has 2 fully saturated rings. The van der Waals surface area contributed by atoms with Crippen LogP contribution in [0.1, 0.15) is 12.8 Å². The van der Waals surface area contributed by atoms with Gasteiger partial charge in [-0.2, -0.15) is 8.75 Å². The first kappa shape index (κ1) is 9.81. The highest BCUT2D eigenvalue weighted by molar-refractivity contribution is 6.99. The van der Waals surface area contributed by atoms with Crippen molar-refractivity contribution in [1.82, 2.24) is 13.6 Å². The van der Waals surface area contributed by atoms with Crippen LogP contribution in [0, 0.1) is 0 Å². The van der Waals surface area contributed by atoms with E-state index >= 15 is 0 Å². The van der Waals surface area contributed by atoms with Crippen LogP contribution in [0.3, 0.4) is 0 Å². The summed E-state index contributed by atoms with van der Waals surface area (Å²) in [4.78, 5) is 4.85. The van der Waals surface area contributed by atoms with Gasteiger partial charge in [0.1, 0.15) is 0 Å². The van der Waals surface area contributed by atoms with E-state index in [1.54, 1.807) is 0 Å². The summed E-state index contributed by atoms with van der Waals surface area (Å²) in [5.41, 5.74) is 0. The topological polar surface area (TPSA) is 32.3 Å². The first-order chi connectivity index (χ1) is 7.34. The summed E-state index contributed by atoms with van der Waals surface area (Å²) in [6, 6.07) is 0.705. The van der Waals surface area contributed by atoms with Gasteiger partial charge in [0.05, 0.1) is 11.7 Å². The minimum absolute atomic E-state index is 0.562. The number of hydrogen-bond donors (Lipinski definition) is 0. The van der Waals surface area contributed by atoms with Crippen molar-refractivity contribution < 1.29 is 0 Å². The molecule has 1 unspecified atom stereocenters. The molecule has 2 saturated heterocycles. The summed E-state index contributed by atoms with van der Waals surface area (Å²) in [7, 11) is 0. The van der Waals surface area contributed by atoms with Crippen LogP contribution in [-0.2, 0) is 0 Å². The van der Waals surface area contributed by atoms with E-state index in [4.69, 9.17) is 11.6 Å². The summed E-state index contributed by atoms with van der Waals surface area (Å²) in [6.45, 7) is 4.49. The molecule has 3 rings (SSSR count). The number of aromatic nitrogens is 2. The van der Waals surface area contributed by atoms with Gasteiger partial charge in [-0.1, -0.05) is 11.6 Å². The third-order valence-electron chi connectivity index (χ3n) is 3.32. The van der Waals surface area contributed by atoms with Crippen molar-refractivity contribution in [2.45, 2.75) is 18.9 Å². The number of hydrogen-bond acceptors (Lipinski definition) is 5. The third-order valence-corrected chi connectivity index (χ3v) is 4.19. The van der Waals surface area contributed by atoms with Crippen molar-refractivity contribution >= 4 is 29.1 Å². The number of fused-ring (bicyclic) bond motifs is 1. The quantitative estimate of drug-likeness (QED) is 0.749. The first-order valence-corrected chi connectivity index (χ1v) is 6.42. The minimum atomic E-state index is 0.562. The normalized spacial score (nSPS) is 27.0. The highest BCUT2D eigenvalue weighted by Gasteiger charge is 2.32. The van der Waals surface area contributed by atoms with Gasteiger partial charge in [0.2, 0.25) is 0 Å². The molecule has 15 heavy (non-hydrogen) atoms. The van der Waals surface area contributed by atoms with E-state index in [2.05, 4.69) is 18.5 Å². The van der Waals surface area contributed by atoms with E-state index in [-0.39, 0.29) is 0 Å². The molecule has 82 valence electrons. The Labute approximate surface area is 98.2 Å². The Morgan fingerprint density at radius 2 is 2.20 bits per heavy atom. The third kappa shape index (κ3) is 1.73. The lowest BCUT2D eigenvalue weighted by Gasteiger charge is -2.37. The van der Waals surface area contributed by atoms with Crippen LogP contribution in [0.2, 0.25) is 5.15 Å². The average Bonchev–Trinajstić information content (AvgIpc) is 2.84. The lowest BCUT2D eigenvalue weighted by Crippen LogP contribution is -2.50. The maximum atomic E-state index is 6.00. The van der Waals surface area contributed by atoms with Gasteiger partial charge in [-0.05, 0) is 19.4 Å². The van der Waals surface area contributed by atoms with E-state index in [1.807, 2.05) is 0 Å². The number of piperazine rings is 1. The van der Waals surface area contributed by atoms with Gasteiger partial charge < -0.3 is 4.90 Å². The molecule has 0 aromatic carbocycles. The van der Waals surface area contributed by atoms with E-state index in [9.17, 15) is 0 Å². The Kier molecular flexibility index (Phi) is 2.54. The average molecular weight is 245 g/mol. The molecule has 4 nitrogen and oxygen atoms in total. The van der Waals surface area contributed by atoms with Crippen LogP contribution in [0.4, 0.5) is 5.82 Å². The van der Waals surface area contributed by atoms with Gasteiger partial charge in [0.25, 0.3) is 0 Å². The van der Waals surface area contributed by atoms with Crippen LogP contribution in [0.5, 0.6) is 0 Å². The molecule has 0 spiro atoms. The van der Waals surface area contributed by atoms with Gasteiger partial charge in [-0.3, -0.25) is 4.90 Å². The Bertz CT molecular complexity index is 356. The molecule has 1 aromatic heterocycles. The van der Waals surface area contributed by atoms with Crippen molar-refractivity contribution in [3.8, 4) is 0 Å². The fourth-order valence-electron chi connectivity index (χ4n) is 2.55. The fraction of sp³-hybridized carbons (Fsp3) is 0.778. The van der Waals surface area contributed by atoms with Crippen molar-refractivity contribution in [3.63, 3.8) is 0 Å². The van der Waals surface area contributed by atoms with Gasteiger partial charge >= 0.3 is 0 Å². The predicted octanol–water partition coefficient (Wildman–Crippen LogP) is 1.48. The number of nitrogens with zero attached hydrogens (tertiary/aromatic N) is 4. The van der Waals surface area contributed by atoms with Crippen molar-refractivity contribution in [3.05, 3.63) is 5.15 Å². The molecule has 0 amide bonds. The Morgan fingerprint density at radius 1 is 1.27 bits per heavy atom. The van der Waals surface area contributed by atoms with Crippen LogP contribution < -0.4 is 4.90 Å². The molecule has 2 aliphatic rings. The smallest absolute Gasteiger partial charge is 0.187 e. The lowest BCUT2D eigenvalue weighted by molar-refractivity contribution is 0.230. The summed E-state index contributed by atoms with van der Waals surface area (Å²) in [5.74, 6) is 0.883. The van der Waals surface area contributed by atoms with Gasteiger partial charge in [-0.25, -0.2) is 0 Å². The van der Waals surface area contributed by atoms with Crippen LogP contribution >= 0.6 is 23.3 Å². The predicted molar refractivity (Wildman–Crippen MR) is 61.7 cm³/mol. The second kappa shape index (κ2) is 3.88. The highest BCUT2D eigenvalue weighted by atomic mass is 35.5. The van der Waals surface area contributed by atoms with Crippen molar-refractivity contribution in [1.29, 1.82) is 0 Å². The summed E-state index contributed by atoms with van der Waals surface area (Å²) in [5, 5.41) is 0.562. The highest BCUT2D eigenvalue weighted by Crippen LogP contribution is 2.28. The Morgan fingerprint density at radius 3 is 3.00 bits per heavy atom. The maximum Gasteiger partial charge on any atom is 0.187 e. The molecule has 0 N–H and O–H groups in total. The largest absolute Gasteiger partial charge is 0.350 e. The number of halogens is 1. The monoisotopic (exact) mass is 244 g/mol. The molecule has 0 radical (unpaired) electrons. The van der Waals surface area contributed by atoms with Crippen molar-refractivity contribution in [2.24, 2.45) is 0 Å². The zero-order chi connectivity index (χ0) is 10.3. The first-order valence-electron chi connectivity index (χ1n) is 5.31. The van der Waals surface area contributed by atoms with Gasteiger partial charge in [-0.15, -0.1) is 0 Å². The number of rotatable bonds is 1. The molecular formula is C9H13ClN4S. The zero-order valence-corrected chi connectivity index (χ0v) is 9.97. The van der Waals surface area contributed by atoms with Gasteiger partial charge in [0.15, 0.2) is 11.0 Å². The molecular weight excluding hydrogens is 232 g/mol. The molecule has 3 heterocycles. The summed E-state index contributed by atoms with van der Waals surface area (Å²) < 4.78 is 8.28. The van der Waals surface area contributed by atoms with E-state index in [0.29, 0.717) is 11.2 Å². The van der Waals surface area contributed by atoms with Gasteiger partial charge in [0, 0.05) is 25.7 Å². The SMILES string of the molecule is Clc1nsnc1N1CCN2CCCC2C1. The number of anilines is 1. The standard InChI is InChI=1S/C9H13ClN4S/c10-8-9(12-15-11-8)14-5-4-13-3-1-2-7(13)6-14/h7H,1-6H2. The van der Waals surface area contributed by atoms with Crippen LogP contribution in [0.25, 0.3) is 0 Å². The van der Waals surface area contributed by atoms with Crippen molar-refractivity contribution in [2.75, 3.05) is 31.1 Å². The van der Waals surface area contributed by atoms with Crippen LogP contribution in [0.15, 0.2) is 0 Å². The molecule has 1 atom stereocenters. The summed E-state index contributed by atoms with van der Waals surface area (Å²) >= 11 is 7.20. The Balaban J connectivity index is 1.76. The second-order valence-corrected chi connectivity index (χ2v) is 5.04. The molecule has 1 aromatic rings. The maximum absolute atomic E-state index is 6.00. The van der Waals surface area contributed by atoms with E-state index in [0.717, 1.165) is 25.5 Å². The molecule has 6 heteroatoms. The second-order valence-electron chi connectivity index (χ2n) is 4.16. The minimum Gasteiger partial charge on any atom is -0.350 e. The molecule has 0 aliphatic carbocycles. The fourth-order valence-corrected chi connectivity index (χ4v) is 3.32. The summed E-state index contributed by atoms with van der Waals surface area (Å²) in [6.07, 6.45) is 2.65. The molecule has 2 aliphatic heterocycles. The molecule has 0 saturated carbocycles. The zero-order valence-electron chi connectivity index (χ0n) is 8.40. The van der Waals surface area contributed by atoms with E-state index in [1.165, 1.54) is 31.1 Å². The van der Waals surface area contributed by atoms with E-state index < -0.39 is 0 Å². The lowest BCUT2D eigenvalue weighted by atomic mass is 10.1. The molecule has 0 bridgehead atoms. The van der Waals surface area contributed by atoms with Crippen LogP contribution in [-0.4, -0.2) is 45.9 Å². The Hall–Kier alpha value is -0.390.